The van der Waals surface area contributed by atoms with Gasteiger partial charge in [0.25, 0.3) is 5.91 Å². The summed E-state index contributed by atoms with van der Waals surface area (Å²) in [4.78, 5) is 38.0. The fourth-order valence-corrected chi connectivity index (χ4v) is 3.88. The molecule has 2 fully saturated rings. The van der Waals surface area contributed by atoms with Gasteiger partial charge in [0.15, 0.2) is 0 Å². The van der Waals surface area contributed by atoms with Gasteiger partial charge < -0.3 is 10.6 Å². The number of carbonyl (C=O) groups excluding carboxylic acids is 3. The van der Waals surface area contributed by atoms with Crippen molar-refractivity contribution in [3.63, 3.8) is 0 Å². The number of rotatable bonds is 6. The number of hydrogen-bond acceptors (Lipinski definition) is 4. The highest BCUT2D eigenvalue weighted by Crippen LogP contribution is 2.34. The number of aromatic nitrogens is 2. The molecular formula is C20H23N5O3. The first-order valence-electron chi connectivity index (χ1n) is 9.52. The van der Waals surface area contributed by atoms with E-state index in [1.54, 1.807) is 6.20 Å². The molecule has 1 aromatic carbocycles. The van der Waals surface area contributed by atoms with Crippen LogP contribution in [0.2, 0.25) is 0 Å². The van der Waals surface area contributed by atoms with Gasteiger partial charge in [-0.2, -0.15) is 5.10 Å². The lowest BCUT2D eigenvalue weighted by molar-refractivity contribution is -0.134. The number of hydrogen-bond donors (Lipinski definition) is 2. The molecule has 1 aliphatic carbocycles. The molecule has 2 aliphatic rings. The Kier molecular flexibility index (Phi) is 4.85. The van der Waals surface area contributed by atoms with Crippen LogP contribution in [0.3, 0.4) is 0 Å². The lowest BCUT2D eigenvalue weighted by Crippen LogP contribution is -2.45. The molecule has 0 bridgehead atoms. The van der Waals surface area contributed by atoms with Gasteiger partial charge in [-0.1, -0.05) is 37.1 Å². The minimum atomic E-state index is -0.776. The van der Waals surface area contributed by atoms with E-state index >= 15 is 0 Å². The Morgan fingerprint density at radius 2 is 1.86 bits per heavy atom. The second-order valence-electron chi connectivity index (χ2n) is 7.41. The Hall–Kier alpha value is -3.16. The fourth-order valence-electron chi connectivity index (χ4n) is 3.88. The molecule has 1 aromatic heterocycles. The minimum absolute atomic E-state index is 0.246. The van der Waals surface area contributed by atoms with E-state index in [9.17, 15) is 14.4 Å². The third kappa shape index (κ3) is 3.62. The first kappa shape index (κ1) is 18.2. The highest BCUT2D eigenvalue weighted by Gasteiger charge is 2.52. The van der Waals surface area contributed by atoms with Crippen molar-refractivity contribution >= 4 is 17.8 Å². The van der Waals surface area contributed by atoms with Crippen LogP contribution in [0.15, 0.2) is 42.7 Å². The van der Waals surface area contributed by atoms with Crippen LogP contribution in [0.5, 0.6) is 0 Å². The lowest BCUT2D eigenvalue weighted by atomic mass is 9.98. The summed E-state index contributed by atoms with van der Waals surface area (Å²) in [5, 5.41) is 9.74. The molecule has 1 saturated heterocycles. The van der Waals surface area contributed by atoms with E-state index in [1.807, 2.05) is 41.2 Å². The van der Waals surface area contributed by atoms with E-state index in [-0.39, 0.29) is 18.4 Å². The van der Waals surface area contributed by atoms with Gasteiger partial charge in [0.2, 0.25) is 5.91 Å². The summed E-state index contributed by atoms with van der Waals surface area (Å²) in [6.07, 6.45) is 6.79. The molecule has 8 heteroatoms. The molecule has 4 rings (SSSR count). The summed E-state index contributed by atoms with van der Waals surface area (Å²) in [7, 11) is 0. The van der Waals surface area contributed by atoms with E-state index in [0.717, 1.165) is 28.9 Å². The molecule has 1 saturated carbocycles. The highest BCUT2D eigenvalue weighted by molar-refractivity contribution is 6.09. The summed E-state index contributed by atoms with van der Waals surface area (Å²) in [6.45, 7) is 0.785. The molecule has 1 spiro atoms. The van der Waals surface area contributed by atoms with Crippen LogP contribution in [0.4, 0.5) is 4.79 Å². The SMILES string of the molecule is O=C(CN1C(=O)NC2(CCCC2)C1=O)NCc1ccc(Cn2cccn2)cc1. The Morgan fingerprint density at radius 3 is 2.54 bits per heavy atom. The molecule has 146 valence electrons. The zero-order valence-corrected chi connectivity index (χ0v) is 15.6. The molecule has 0 unspecified atom stereocenters. The molecule has 2 N–H and O–H groups in total. The summed E-state index contributed by atoms with van der Waals surface area (Å²) < 4.78 is 1.84. The van der Waals surface area contributed by atoms with Crippen LogP contribution in [-0.2, 0) is 22.7 Å². The normalized spacial score (nSPS) is 17.9. The highest BCUT2D eigenvalue weighted by atomic mass is 16.2. The molecule has 8 nitrogen and oxygen atoms in total. The number of carbonyl (C=O) groups is 3. The standard InChI is InChI=1S/C20H23N5O3/c26-17(14-25-18(27)20(23-19(25)28)8-1-2-9-20)21-12-15-4-6-16(7-5-15)13-24-11-3-10-22-24/h3-7,10-11H,1-2,8-9,12-14H2,(H,21,26)(H,23,28). The Labute approximate surface area is 162 Å². The molecule has 4 amide bonds. The maximum atomic E-state index is 12.6. The number of benzene rings is 1. The maximum Gasteiger partial charge on any atom is 0.325 e. The van der Waals surface area contributed by atoms with Crippen LogP contribution < -0.4 is 10.6 Å². The molecule has 0 atom stereocenters. The van der Waals surface area contributed by atoms with Crippen LogP contribution in [0.25, 0.3) is 0 Å². The molecule has 2 aromatic rings. The van der Waals surface area contributed by atoms with E-state index in [0.29, 0.717) is 25.9 Å². The Morgan fingerprint density at radius 1 is 1.14 bits per heavy atom. The third-order valence-corrected chi connectivity index (χ3v) is 5.42. The molecule has 28 heavy (non-hydrogen) atoms. The van der Waals surface area contributed by atoms with Crippen molar-refractivity contribution in [2.45, 2.75) is 44.3 Å². The van der Waals surface area contributed by atoms with E-state index < -0.39 is 11.6 Å². The van der Waals surface area contributed by atoms with E-state index in [1.165, 1.54) is 0 Å². The quantitative estimate of drug-likeness (QED) is 0.740. The van der Waals surface area contributed by atoms with Gasteiger partial charge in [-0.3, -0.25) is 19.2 Å². The fraction of sp³-hybridized carbons (Fsp3) is 0.400. The first-order chi connectivity index (χ1) is 13.6. The number of nitrogens with one attached hydrogen (secondary N) is 2. The zero-order chi connectivity index (χ0) is 19.6. The van der Waals surface area contributed by atoms with E-state index in [2.05, 4.69) is 15.7 Å². The summed E-state index contributed by atoms with van der Waals surface area (Å²) >= 11 is 0. The lowest BCUT2D eigenvalue weighted by Gasteiger charge is -2.19. The van der Waals surface area contributed by atoms with Crippen molar-refractivity contribution in [2.24, 2.45) is 0 Å². The van der Waals surface area contributed by atoms with Crippen LogP contribution in [0.1, 0.15) is 36.8 Å². The summed E-state index contributed by atoms with van der Waals surface area (Å²) in [5.74, 6) is -0.618. The van der Waals surface area contributed by atoms with Gasteiger partial charge in [0.05, 0.1) is 6.54 Å². The average Bonchev–Trinajstić information content (AvgIpc) is 3.41. The van der Waals surface area contributed by atoms with Crippen molar-refractivity contribution in [1.82, 2.24) is 25.3 Å². The van der Waals surface area contributed by atoms with Gasteiger partial charge in [-0.15, -0.1) is 0 Å². The maximum absolute atomic E-state index is 12.6. The molecular weight excluding hydrogens is 358 g/mol. The van der Waals surface area contributed by atoms with Gasteiger partial charge in [0.1, 0.15) is 12.1 Å². The molecule has 1 aliphatic heterocycles. The zero-order valence-electron chi connectivity index (χ0n) is 15.6. The number of urea groups is 1. The number of amides is 4. The second-order valence-corrected chi connectivity index (χ2v) is 7.41. The largest absolute Gasteiger partial charge is 0.350 e. The first-order valence-corrected chi connectivity index (χ1v) is 9.52. The third-order valence-electron chi connectivity index (χ3n) is 5.42. The number of nitrogens with zero attached hydrogens (tertiary/aromatic N) is 3. The molecule has 0 radical (unpaired) electrons. The van der Waals surface area contributed by atoms with Crippen molar-refractivity contribution in [3.05, 3.63) is 53.9 Å². The summed E-state index contributed by atoms with van der Waals surface area (Å²) in [5.41, 5.74) is 1.28. The minimum Gasteiger partial charge on any atom is -0.350 e. The van der Waals surface area contributed by atoms with Crippen LogP contribution >= 0.6 is 0 Å². The smallest absolute Gasteiger partial charge is 0.325 e. The van der Waals surface area contributed by atoms with Crippen molar-refractivity contribution in [2.75, 3.05) is 6.54 Å². The monoisotopic (exact) mass is 381 g/mol. The Balaban J connectivity index is 1.28. The summed E-state index contributed by atoms with van der Waals surface area (Å²) in [6, 6.07) is 9.28. The predicted molar refractivity (Wildman–Crippen MR) is 101 cm³/mol. The van der Waals surface area contributed by atoms with Crippen molar-refractivity contribution < 1.29 is 14.4 Å². The van der Waals surface area contributed by atoms with Crippen molar-refractivity contribution in [3.8, 4) is 0 Å². The van der Waals surface area contributed by atoms with E-state index in [4.69, 9.17) is 0 Å². The number of imide groups is 1. The van der Waals surface area contributed by atoms with Gasteiger partial charge in [-0.25, -0.2) is 4.79 Å². The van der Waals surface area contributed by atoms with Crippen LogP contribution in [0, 0.1) is 0 Å². The van der Waals surface area contributed by atoms with Crippen LogP contribution in [-0.4, -0.2) is 44.6 Å². The molecule has 2 heterocycles. The van der Waals surface area contributed by atoms with Gasteiger partial charge in [-0.05, 0) is 30.0 Å². The topological polar surface area (TPSA) is 96.3 Å². The van der Waals surface area contributed by atoms with Crippen molar-refractivity contribution in [1.29, 1.82) is 0 Å². The second kappa shape index (κ2) is 7.46. The average molecular weight is 381 g/mol. The Bertz CT molecular complexity index is 870. The van der Waals surface area contributed by atoms with Gasteiger partial charge in [0, 0.05) is 18.9 Å². The predicted octanol–water partition coefficient (Wildman–Crippen LogP) is 1.41. The van der Waals surface area contributed by atoms with Gasteiger partial charge >= 0.3 is 6.03 Å².